The second-order valence-corrected chi connectivity index (χ2v) is 6.39. The smallest absolute Gasteiger partial charge is 0.147 e. The van der Waals surface area contributed by atoms with Crippen LogP contribution in [0, 0.1) is 0 Å². The molecular weight excluding hydrogens is 234 g/mol. The number of hydrogen-bond acceptors (Lipinski definition) is 3. The van der Waals surface area contributed by atoms with Crippen molar-refractivity contribution in [3.63, 3.8) is 0 Å². The molecule has 1 rings (SSSR count). The monoisotopic (exact) mass is 253 g/mol. The van der Waals surface area contributed by atoms with Gasteiger partial charge >= 0.3 is 0 Å². The summed E-state index contributed by atoms with van der Waals surface area (Å²) in [4.78, 5) is 0. The van der Waals surface area contributed by atoms with Crippen LogP contribution >= 0.6 is 0 Å². The zero-order chi connectivity index (χ0) is 12.7. The van der Waals surface area contributed by atoms with Gasteiger partial charge in [-0.25, -0.2) is 8.42 Å². The molecule has 0 saturated heterocycles. The molecule has 0 aromatic heterocycles. The Balaban J connectivity index is 2.22. The van der Waals surface area contributed by atoms with Gasteiger partial charge in [-0.3, -0.25) is 0 Å². The lowest BCUT2D eigenvalue weighted by Crippen LogP contribution is -2.20. The van der Waals surface area contributed by atoms with Gasteiger partial charge in [0.05, 0.1) is 5.75 Å². The standard InChI is InChI=1S/C13H19NO2S/c1-12(13-7-4-3-5-8-13)11-14-9-6-10-17(2,15)16/h3-5,7-8,14H,1,6,9-11H2,2H3. The fraction of sp³-hybridized carbons (Fsp3) is 0.385. The first-order valence-electron chi connectivity index (χ1n) is 5.61. The number of benzene rings is 1. The minimum absolute atomic E-state index is 0.234. The number of nitrogens with one attached hydrogen (secondary N) is 1. The average Bonchev–Trinajstić information content (AvgIpc) is 2.28. The van der Waals surface area contributed by atoms with Crippen LogP contribution in [-0.4, -0.2) is 33.5 Å². The zero-order valence-electron chi connectivity index (χ0n) is 10.1. The normalized spacial score (nSPS) is 11.4. The third-order valence-corrected chi connectivity index (χ3v) is 3.42. The number of hydrogen-bond donors (Lipinski definition) is 1. The molecule has 4 heteroatoms. The van der Waals surface area contributed by atoms with Crippen LogP contribution in [0.3, 0.4) is 0 Å². The van der Waals surface area contributed by atoms with Gasteiger partial charge in [-0.1, -0.05) is 36.9 Å². The molecule has 0 aliphatic heterocycles. The van der Waals surface area contributed by atoms with Crippen molar-refractivity contribution in [1.82, 2.24) is 5.32 Å². The van der Waals surface area contributed by atoms with E-state index in [9.17, 15) is 8.42 Å². The van der Waals surface area contributed by atoms with Gasteiger partial charge in [-0.2, -0.15) is 0 Å². The molecule has 0 aliphatic carbocycles. The maximum absolute atomic E-state index is 10.9. The van der Waals surface area contributed by atoms with Crippen LogP contribution in [0.2, 0.25) is 0 Å². The van der Waals surface area contributed by atoms with E-state index in [1.807, 2.05) is 30.3 Å². The third-order valence-electron chi connectivity index (χ3n) is 2.39. The van der Waals surface area contributed by atoms with Crippen LogP contribution in [-0.2, 0) is 9.84 Å². The maximum Gasteiger partial charge on any atom is 0.147 e. The highest BCUT2D eigenvalue weighted by Gasteiger charge is 2.01. The van der Waals surface area contributed by atoms with Gasteiger partial charge in [-0.05, 0) is 24.1 Å². The van der Waals surface area contributed by atoms with Crippen LogP contribution in [0.4, 0.5) is 0 Å². The SMILES string of the molecule is C=C(CNCCCS(C)(=O)=O)c1ccccc1. The van der Waals surface area contributed by atoms with E-state index in [2.05, 4.69) is 11.9 Å². The summed E-state index contributed by atoms with van der Waals surface area (Å²) in [7, 11) is -2.84. The second kappa shape index (κ2) is 6.57. The predicted octanol–water partition coefficient (Wildman–Crippen LogP) is 1.72. The Morgan fingerprint density at radius 3 is 2.53 bits per heavy atom. The van der Waals surface area contributed by atoms with Gasteiger partial charge in [0.1, 0.15) is 9.84 Å². The molecule has 0 aliphatic rings. The topological polar surface area (TPSA) is 46.2 Å². The summed E-state index contributed by atoms with van der Waals surface area (Å²) in [6, 6.07) is 9.95. The van der Waals surface area contributed by atoms with E-state index in [4.69, 9.17) is 0 Å². The van der Waals surface area contributed by atoms with Crippen molar-refractivity contribution >= 4 is 15.4 Å². The molecule has 1 aromatic carbocycles. The lowest BCUT2D eigenvalue weighted by Gasteiger charge is -2.07. The maximum atomic E-state index is 10.9. The Morgan fingerprint density at radius 2 is 1.94 bits per heavy atom. The van der Waals surface area contributed by atoms with E-state index < -0.39 is 9.84 Å². The van der Waals surface area contributed by atoms with E-state index in [-0.39, 0.29) is 5.75 Å². The average molecular weight is 253 g/mol. The molecule has 0 unspecified atom stereocenters. The zero-order valence-corrected chi connectivity index (χ0v) is 11.0. The largest absolute Gasteiger partial charge is 0.313 e. The highest BCUT2D eigenvalue weighted by Crippen LogP contribution is 2.09. The summed E-state index contributed by atoms with van der Waals surface area (Å²) in [6.07, 6.45) is 1.90. The first kappa shape index (κ1) is 13.9. The molecule has 0 amide bonds. The molecule has 0 spiro atoms. The summed E-state index contributed by atoms with van der Waals surface area (Å²) in [5.41, 5.74) is 2.13. The summed E-state index contributed by atoms with van der Waals surface area (Å²) in [5, 5.41) is 3.19. The van der Waals surface area contributed by atoms with Gasteiger partial charge < -0.3 is 5.32 Å². The van der Waals surface area contributed by atoms with Crippen LogP contribution in [0.5, 0.6) is 0 Å². The van der Waals surface area contributed by atoms with Crippen molar-refractivity contribution in [3.05, 3.63) is 42.5 Å². The molecule has 1 N–H and O–H groups in total. The molecule has 0 atom stereocenters. The van der Waals surface area contributed by atoms with Gasteiger partial charge in [0, 0.05) is 12.8 Å². The third kappa shape index (κ3) is 6.24. The summed E-state index contributed by atoms with van der Waals surface area (Å²) < 4.78 is 21.8. The van der Waals surface area contributed by atoms with E-state index in [0.29, 0.717) is 19.5 Å². The van der Waals surface area contributed by atoms with Crippen molar-refractivity contribution in [2.75, 3.05) is 25.1 Å². The van der Waals surface area contributed by atoms with E-state index in [0.717, 1.165) is 11.1 Å². The van der Waals surface area contributed by atoms with Gasteiger partial charge in [0.2, 0.25) is 0 Å². The van der Waals surface area contributed by atoms with Gasteiger partial charge in [-0.15, -0.1) is 0 Å². The van der Waals surface area contributed by atoms with Crippen molar-refractivity contribution in [2.45, 2.75) is 6.42 Å². The first-order valence-corrected chi connectivity index (χ1v) is 7.67. The molecule has 0 bridgehead atoms. The minimum Gasteiger partial charge on any atom is -0.313 e. The van der Waals surface area contributed by atoms with Crippen molar-refractivity contribution < 1.29 is 8.42 Å². The lowest BCUT2D eigenvalue weighted by atomic mass is 10.1. The molecule has 0 radical (unpaired) electrons. The second-order valence-electron chi connectivity index (χ2n) is 4.13. The van der Waals surface area contributed by atoms with Gasteiger partial charge in [0.25, 0.3) is 0 Å². The van der Waals surface area contributed by atoms with Crippen molar-refractivity contribution in [2.24, 2.45) is 0 Å². The Kier molecular flexibility index (Phi) is 5.38. The van der Waals surface area contributed by atoms with E-state index in [1.54, 1.807) is 0 Å². The van der Waals surface area contributed by atoms with Gasteiger partial charge in [0.15, 0.2) is 0 Å². The molecule has 1 aromatic rings. The summed E-state index contributed by atoms with van der Waals surface area (Å²) >= 11 is 0. The number of rotatable bonds is 7. The fourth-order valence-corrected chi connectivity index (χ4v) is 2.14. The molecule has 0 heterocycles. The van der Waals surface area contributed by atoms with Crippen LogP contribution < -0.4 is 5.32 Å². The van der Waals surface area contributed by atoms with Crippen molar-refractivity contribution in [3.8, 4) is 0 Å². The fourth-order valence-electron chi connectivity index (χ4n) is 1.47. The van der Waals surface area contributed by atoms with Crippen LogP contribution in [0.25, 0.3) is 5.57 Å². The van der Waals surface area contributed by atoms with Crippen LogP contribution in [0.1, 0.15) is 12.0 Å². The lowest BCUT2D eigenvalue weighted by molar-refractivity contribution is 0.597. The Hall–Kier alpha value is -1.13. The van der Waals surface area contributed by atoms with Crippen LogP contribution in [0.15, 0.2) is 36.9 Å². The summed E-state index contributed by atoms with van der Waals surface area (Å²) in [5.74, 6) is 0.234. The summed E-state index contributed by atoms with van der Waals surface area (Å²) in [6.45, 7) is 5.37. The van der Waals surface area contributed by atoms with Crippen molar-refractivity contribution in [1.29, 1.82) is 0 Å². The Labute approximate surface area is 103 Å². The highest BCUT2D eigenvalue weighted by molar-refractivity contribution is 7.90. The first-order chi connectivity index (χ1) is 7.99. The Bertz CT molecular complexity index is 452. The minimum atomic E-state index is -2.84. The highest BCUT2D eigenvalue weighted by atomic mass is 32.2. The molecule has 17 heavy (non-hydrogen) atoms. The van der Waals surface area contributed by atoms with E-state index in [1.165, 1.54) is 6.26 Å². The number of sulfone groups is 1. The van der Waals surface area contributed by atoms with E-state index >= 15 is 0 Å². The Morgan fingerprint density at radius 1 is 1.29 bits per heavy atom. The molecule has 0 fully saturated rings. The quantitative estimate of drug-likeness (QED) is 0.753. The molecule has 0 saturated carbocycles. The molecule has 94 valence electrons. The molecular formula is C13H19NO2S. The predicted molar refractivity (Wildman–Crippen MR) is 72.7 cm³/mol. The molecule has 3 nitrogen and oxygen atoms in total.